The number of methoxy groups -OCH3 is 1. The summed E-state index contributed by atoms with van der Waals surface area (Å²) >= 11 is 6.05. The SMILES string of the molecule is COc1ccnc(C(=O)c2[nH]c3ccc(Cl)cc3c2C(C)C(=O)O)c1. The number of aliphatic carboxylic acids is 1. The first-order valence-corrected chi connectivity index (χ1v) is 7.89. The lowest BCUT2D eigenvalue weighted by atomic mass is 9.95. The zero-order valence-corrected chi connectivity index (χ0v) is 14.3. The maximum Gasteiger partial charge on any atom is 0.310 e. The second-order valence-electron chi connectivity index (χ2n) is 5.57. The number of carboxylic acids is 1. The maximum atomic E-state index is 12.9. The van der Waals surface area contributed by atoms with Crippen LogP contribution in [0.3, 0.4) is 0 Å². The minimum absolute atomic E-state index is 0.163. The van der Waals surface area contributed by atoms with Gasteiger partial charge in [0.15, 0.2) is 0 Å². The Morgan fingerprint density at radius 3 is 2.72 bits per heavy atom. The van der Waals surface area contributed by atoms with E-state index in [1.54, 1.807) is 24.3 Å². The van der Waals surface area contributed by atoms with E-state index < -0.39 is 17.7 Å². The number of hydrogen-bond acceptors (Lipinski definition) is 4. The number of pyridine rings is 1. The largest absolute Gasteiger partial charge is 0.497 e. The number of carbonyl (C=O) groups excluding carboxylic acids is 1. The summed E-state index contributed by atoms with van der Waals surface area (Å²) in [5.74, 6) is -1.84. The second kappa shape index (κ2) is 6.57. The van der Waals surface area contributed by atoms with Crippen molar-refractivity contribution in [3.8, 4) is 5.75 Å². The quantitative estimate of drug-likeness (QED) is 0.679. The number of aromatic amines is 1. The number of hydrogen-bond donors (Lipinski definition) is 2. The van der Waals surface area contributed by atoms with Crippen molar-refractivity contribution < 1.29 is 19.4 Å². The summed E-state index contributed by atoms with van der Waals surface area (Å²) in [5, 5.41) is 10.5. The predicted octanol–water partition coefficient (Wildman–Crippen LogP) is 3.64. The van der Waals surface area contributed by atoms with Crippen LogP contribution >= 0.6 is 11.6 Å². The Morgan fingerprint density at radius 2 is 2.04 bits per heavy atom. The number of nitrogens with zero attached hydrogens (tertiary/aromatic N) is 1. The second-order valence-corrected chi connectivity index (χ2v) is 6.01. The summed E-state index contributed by atoms with van der Waals surface area (Å²) < 4.78 is 5.12. The van der Waals surface area contributed by atoms with Gasteiger partial charge in [-0.1, -0.05) is 11.6 Å². The summed E-state index contributed by atoms with van der Waals surface area (Å²) in [4.78, 5) is 31.6. The van der Waals surface area contributed by atoms with E-state index in [0.29, 0.717) is 27.2 Å². The van der Waals surface area contributed by atoms with Crippen LogP contribution in [0.15, 0.2) is 36.5 Å². The van der Waals surface area contributed by atoms with Crippen LogP contribution in [-0.4, -0.2) is 33.9 Å². The molecule has 0 radical (unpaired) electrons. The van der Waals surface area contributed by atoms with Gasteiger partial charge in [0, 0.05) is 33.8 Å². The third-order valence-electron chi connectivity index (χ3n) is 4.03. The molecule has 0 spiro atoms. The lowest BCUT2D eigenvalue weighted by molar-refractivity contribution is -0.138. The molecule has 2 N–H and O–H groups in total. The zero-order chi connectivity index (χ0) is 18.1. The van der Waals surface area contributed by atoms with Crippen molar-refractivity contribution in [3.63, 3.8) is 0 Å². The topological polar surface area (TPSA) is 92.3 Å². The van der Waals surface area contributed by atoms with Crippen LogP contribution < -0.4 is 4.74 Å². The molecule has 2 heterocycles. The van der Waals surface area contributed by atoms with Crippen LogP contribution in [0.1, 0.15) is 34.6 Å². The highest BCUT2D eigenvalue weighted by atomic mass is 35.5. The highest BCUT2D eigenvalue weighted by Crippen LogP contribution is 2.32. The normalized spacial score (nSPS) is 12.1. The molecule has 25 heavy (non-hydrogen) atoms. The molecule has 0 amide bonds. The molecule has 7 heteroatoms. The van der Waals surface area contributed by atoms with E-state index in [-0.39, 0.29) is 11.4 Å². The summed E-state index contributed by atoms with van der Waals surface area (Å²) in [6.07, 6.45) is 1.46. The number of benzene rings is 1. The van der Waals surface area contributed by atoms with Crippen LogP contribution in [0.4, 0.5) is 0 Å². The molecule has 3 rings (SSSR count). The van der Waals surface area contributed by atoms with E-state index in [0.717, 1.165) is 0 Å². The number of halogens is 1. The van der Waals surface area contributed by atoms with Gasteiger partial charge in [0.25, 0.3) is 0 Å². The highest BCUT2D eigenvalue weighted by molar-refractivity contribution is 6.31. The number of H-pyrrole nitrogens is 1. The molecule has 0 aliphatic rings. The standard InChI is InChI=1S/C18H15ClN2O4/c1-9(18(23)24)15-12-7-10(19)3-4-13(12)21-16(15)17(22)14-8-11(25-2)5-6-20-14/h3-9,21H,1-2H3,(H,23,24). The van der Waals surface area contributed by atoms with Crippen molar-refractivity contribution >= 4 is 34.3 Å². The Hall–Kier alpha value is -2.86. The van der Waals surface area contributed by atoms with Crippen molar-refractivity contribution in [2.45, 2.75) is 12.8 Å². The minimum Gasteiger partial charge on any atom is -0.497 e. The number of ketones is 1. The fourth-order valence-electron chi connectivity index (χ4n) is 2.73. The number of nitrogens with one attached hydrogen (secondary N) is 1. The first-order valence-electron chi connectivity index (χ1n) is 7.51. The van der Waals surface area contributed by atoms with Gasteiger partial charge in [-0.15, -0.1) is 0 Å². The lowest BCUT2D eigenvalue weighted by Crippen LogP contribution is -2.13. The molecule has 0 bridgehead atoms. The van der Waals surface area contributed by atoms with Crippen molar-refractivity contribution in [1.82, 2.24) is 9.97 Å². The molecule has 0 aliphatic heterocycles. The average molecular weight is 359 g/mol. The van der Waals surface area contributed by atoms with E-state index in [9.17, 15) is 14.7 Å². The maximum absolute atomic E-state index is 12.9. The Kier molecular flexibility index (Phi) is 4.46. The molecule has 0 fully saturated rings. The van der Waals surface area contributed by atoms with Crippen LogP contribution in [-0.2, 0) is 4.79 Å². The van der Waals surface area contributed by atoms with E-state index in [1.165, 1.54) is 26.3 Å². The third kappa shape index (κ3) is 3.08. The number of carboxylic acid groups (broad SMARTS) is 1. The first-order chi connectivity index (χ1) is 11.9. The van der Waals surface area contributed by atoms with Gasteiger partial charge in [0.2, 0.25) is 5.78 Å². The highest BCUT2D eigenvalue weighted by Gasteiger charge is 2.27. The minimum atomic E-state index is -1.03. The van der Waals surface area contributed by atoms with Gasteiger partial charge in [-0.05, 0) is 31.2 Å². The van der Waals surface area contributed by atoms with Crippen LogP contribution in [0, 0.1) is 0 Å². The Morgan fingerprint density at radius 1 is 1.28 bits per heavy atom. The Balaban J connectivity index is 2.22. The van der Waals surface area contributed by atoms with E-state index in [2.05, 4.69) is 9.97 Å². The molecule has 0 saturated carbocycles. The van der Waals surface area contributed by atoms with E-state index >= 15 is 0 Å². The fourth-order valence-corrected chi connectivity index (χ4v) is 2.90. The summed E-state index contributed by atoms with van der Waals surface area (Å²) in [5.41, 5.74) is 1.38. The summed E-state index contributed by atoms with van der Waals surface area (Å²) in [7, 11) is 1.49. The van der Waals surface area contributed by atoms with E-state index in [1.807, 2.05) is 0 Å². The molecular formula is C18H15ClN2O4. The van der Waals surface area contributed by atoms with Crippen molar-refractivity contribution in [3.05, 3.63) is 58.5 Å². The van der Waals surface area contributed by atoms with Gasteiger partial charge in [-0.2, -0.15) is 0 Å². The molecule has 6 nitrogen and oxygen atoms in total. The molecule has 2 aromatic heterocycles. The number of carbonyl (C=O) groups is 2. The van der Waals surface area contributed by atoms with Crippen molar-refractivity contribution in [2.75, 3.05) is 7.11 Å². The van der Waals surface area contributed by atoms with Gasteiger partial charge < -0.3 is 14.8 Å². The van der Waals surface area contributed by atoms with Gasteiger partial charge >= 0.3 is 5.97 Å². The molecule has 1 atom stereocenters. The smallest absolute Gasteiger partial charge is 0.310 e. The third-order valence-corrected chi connectivity index (χ3v) is 4.27. The van der Waals surface area contributed by atoms with Crippen molar-refractivity contribution in [2.24, 2.45) is 0 Å². The van der Waals surface area contributed by atoms with Crippen LogP contribution in [0.2, 0.25) is 5.02 Å². The van der Waals surface area contributed by atoms with Gasteiger partial charge in [0.05, 0.1) is 18.7 Å². The molecule has 0 aliphatic carbocycles. The van der Waals surface area contributed by atoms with Gasteiger partial charge in [0.1, 0.15) is 11.4 Å². The van der Waals surface area contributed by atoms with E-state index in [4.69, 9.17) is 16.3 Å². The van der Waals surface area contributed by atoms with Gasteiger partial charge in [-0.25, -0.2) is 0 Å². The Bertz CT molecular complexity index is 980. The number of ether oxygens (including phenoxy) is 1. The predicted molar refractivity (Wildman–Crippen MR) is 93.6 cm³/mol. The van der Waals surface area contributed by atoms with Crippen molar-refractivity contribution in [1.29, 1.82) is 0 Å². The number of fused-ring (bicyclic) bond motifs is 1. The monoisotopic (exact) mass is 358 g/mol. The number of rotatable bonds is 5. The van der Waals surface area contributed by atoms with Gasteiger partial charge in [-0.3, -0.25) is 14.6 Å². The molecule has 1 aromatic carbocycles. The Labute approximate surface area is 148 Å². The summed E-state index contributed by atoms with van der Waals surface area (Å²) in [6, 6.07) is 8.18. The first kappa shape index (κ1) is 17.0. The van der Waals surface area contributed by atoms with Crippen LogP contribution in [0.25, 0.3) is 10.9 Å². The lowest BCUT2D eigenvalue weighted by Gasteiger charge is -2.09. The summed E-state index contributed by atoms with van der Waals surface area (Å²) in [6.45, 7) is 1.53. The number of aromatic nitrogens is 2. The molecule has 1 unspecified atom stereocenters. The molecule has 3 aromatic rings. The fraction of sp³-hybridized carbons (Fsp3) is 0.167. The van der Waals surface area contributed by atoms with Crippen LogP contribution in [0.5, 0.6) is 5.75 Å². The average Bonchev–Trinajstić information content (AvgIpc) is 2.98. The molecule has 128 valence electrons. The molecular weight excluding hydrogens is 344 g/mol. The zero-order valence-electron chi connectivity index (χ0n) is 13.5. The molecule has 0 saturated heterocycles.